The molecule has 0 aromatic rings. The van der Waals surface area contributed by atoms with Gasteiger partial charge in [-0.1, -0.05) is 45.4 Å². The second-order valence-electron chi connectivity index (χ2n) is 7.65. The van der Waals surface area contributed by atoms with Crippen LogP contribution in [0, 0.1) is 23.7 Å². The van der Waals surface area contributed by atoms with E-state index in [1.807, 2.05) is 0 Å². The van der Waals surface area contributed by atoms with Crippen LogP contribution in [0.2, 0.25) is 0 Å². The van der Waals surface area contributed by atoms with Crippen LogP contribution in [-0.4, -0.2) is 6.61 Å². The van der Waals surface area contributed by atoms with Gasteiger partial charge in [-0.2, -0.15) is 0 Å². The van der Waals surface area contributed by atoms with Crippen LogP contribution in [0.25, 0.3) is 0 Å². The molecule has 1 nitrogen and oxygen atoms in total. The van der Waals surface area contributed by atoms with Gasteiger partial charge in [0, 0.05) is 0 Å². The van der Waals surface area contributed by atoms with Gasteiger partial charge in [-0.05, 0) is 62.2 Å². The van der Waals surface area contributed by atoms with Crippen molar-refractivity contribution >= 4 is 0 Å². The molecule has 0 aliphatic heterocycles. The lowest BCUT2D eigenvalue weighted by molar-refractivity contribution is 0.107. The van der Waals surface area contributed by atoms with Crippen molar-refractivity contribution in [2.75, 3.05) is 6.61 Å². The van der Waals surface area contributed by atoms with E-state index >= 15 is 0 Å². The van der Waals surface area contributed by atoms with Gasteiger partial charge in [0.15, 0.2) is 0 Å². The van der Waals surface area contributed by atoms with Crippen LogP contribution in [0.3, 0.4) is 0 Å². The van der Waals surface area contributed by atoms with E-state index in [-0.39, 0.29) is 0 Å². The van der Waals surface area contributed by atoms with Crippen molar-refractivity contribution in [2.45, 2.75) is 84.0 Å². The molecule has 2 aliphatic carbocycles. The first-order valence-corrected chi connectivity index (χ1v) is 9.70. The molecular weight excluding hydrogens is 275 g/mol. The van der Waals surface area contributed by atoms with Gasteiger partial charge in [0.1, 0.15) is 12.6 Å². The van der Waals surface area contributed by atoms with E-state index in [1.54, 1.807) is 0 Å². The molecule has 22 heavy (non-hydrogen) atoms. The van der Waals surface area contributed by atoms with Crippen LogP contribution >= 0.6 is 0 Å². The maximum Gasteiger partial charge on any atom is 0.121 e. The molecule has 0 aromatic carbocycles. The highest BCUT2D eigenvalue weighted by Gasteiger charge is 2.30. The zero-order valence-corrected chi connectivity index (χ0v) is 14.4. The van der Waals surface area contributed by atoms with E-state index in [2.05, 4.69) is 6.92 Å². The summed E-state index contributed by atoms with van der Waals surface area (Å²) in [4.78, 5) is 0. The minimum absolute atomic E-state index is 0.491. The van der Waals surface area contributed by atoms with Crippen LogP contribution in [0.5, 0.6) is 0 Å². The van der Waals surface area contributed by atoms with E-state index in [0.717, 1.165) is 17.8 Å². The summed E-state index contributed by atoms with van der Waals surface area (Å²) >= 11 is 0. The van der Waals surface area contributed by atoms with E-state index in [9.17, 15) is 4.39 Å². The summed E-state index contributed by atoms with van der Waals surface area (Å²) < 4.78 is 17.1. The molecule has 2 aliphatic rings. The van der Waals surface area contributed by atoms with Crippen LogP contribution in [0.4, 0.5) is 4.39 Å². The Morgan fingerprint density at radius 1 is 0.864 bits per heavy atom. The van der Waals surface area contributed by atoms with Crippen molar-refractivity contribution in [3.63, 3.8) is 0 Å². The Hall–Kier alpha value is -0.530. The number of hydrogen-bond donors (Lipinski definition) is 0. The van der Waals surface area contributed by atoms with Crippen molar-refractivity contribution in [1.82, 2.24) is 0 Å². The summed E-state index contributed by atoms with van der Waals surface area (Å²) in [6.45, 7) is 3.00. The van der Waals surface area contributed by atoms with E-state index < -0.39 is 0 Å². The Morgan fingerprint density at radius 2 is 1.45 bits per heavy atom. The Kier molecular flexibility index (Phi) is 8.33. The molecule has 0 saturated heterocycles. The van der Waals surface area contributed by atoms with Crippen LogP contribution < -0.4 is 0 Å². The third-order valence-corrected chi connectivity index (χ3v) is 6.15. The number of halogens is 1. The average molecular weight is 310 g/mol. The largest absolute Gasteiger partial charge is 0.499 e. The molecule has 0 atom stereocenters. The van der Waals surface area contributed by atoms with E-state index in [1.165, 1.54) is 83.3 Å². The molecule has 2 rings (SSSR count). The summed E-state index contributed by atoms with van der Waals surface area (Å²) in [6.07, 6.45) is 18.6. The van der Waals surface area contributed by atoms with Gasteiger partial charge in [0.2, 0.25) is 0 Å². The fraction of sp³-hybridized carbons (Fsp3) is 0.900. The number of rotatable bonds is 8. The zero-order chi connectivity index (χ0) is 15.6. The summed E-state index contributed by atoms with van der Waals surface area (Å²) in [5.74, 6) is 3.64. The Balaban J connectivity index is 1.60. The van der Waals surface area contributed by atoms with Crippen molar-refractivity contribution in [3.8, 4) is 0 Å². The average Bonchev–Trinajstić information content (AvgIpc) is 2.57. The number of ether oxygens (including phenoxy) is 1. The molecule has 2 saturated carbocycles. The van der Waals surface area contributed by atoms with E-state index in [0.29, 0.717) is 18.9 Å². The molecule has 0 spiro atoms. The van der Waals surface area contributed by atoms with Crippen LogP contribution in [-0.2, 0) is 4.74 Å². The maximum atomic E-state index is 11.9. The lowest BCUT2D eigenvalue weighted by atomic mass is 9.69. The first-order valence-electron chi connectivity index (χ1n) is 9.70. The maximum absolute atomic E-state index is 11.9. The van der Waals surface area contributed by atoms with Gasteiger partial charge < -0.3 is 4.74 Å². The van der Waals surface area contributed by atoms with Crippen molar-refractivity contribution in [2.24, 2.45) is 23.7 Å². The molecule has 0 unspecified atom stereocenters. The summed E-state index contributed by atoms with van der Waals surface area (Å²) in [5.41, 5.74) is 0. The van der Waals surface area contributed by atoms with Gasteiger partial charge in [-0.15, -0.1) is 0 Å². The Bertz CT molecular complexity index is 299. The van der Waals surface area contributed by atoms with Gasteiger partial charge in [-0.3, -0.25) is 0 Å². The normalized spacial score (nSPS) is 33.2. The topological polar surface area (TPSA) is 9.23 Å². The molecule has 0 N–H and O–H groups in total. The molecule has 0 radical (unpaired) electrons. The Labute approximate surface area is 136 Å². The molecular formula is C20H35FO. The predicted octanol–water partition coefficient (Wildman–Crippen LogP) is 6.64. The molecule has 0 amide bonds. The molecule has 128 valence electrons. The molecule has 2 fully saturated rings. The van der Waals surface area contributed by atoms with Crippen LogP contribution in [0.1, 0.15) is 84.0 Å². The highest BCUT2D eigenvalue weighted by Crippen LogP contribution is 2.42. The second-order valence-corrected chi connectivity index (χ2v) is 7.65. The third kappa shape index (κ3) is 5.93. The first kappa shape index (κ1) is 17.8. The SMILES string of the molecule is CCCCCC1CCC(C2CCC(CO/C=C/F)CC2)CC1. The summed E-state index contributed by atoms with van der Waals surface area (Å²) in [5, 5.41) is 0. The molecule has 2 heteroatoms. The minimum atomic E-state index is 0.491. The molecule has 0 heterocycles. The van der Waals surface area contributed by atoms with Gasteiger partial charge in [0.25, 0.3) is 0 Å². The zero-order valence-electron chi connectivity index (χ0n) is 14.4. The summed E-state index contributed by atoms with van der Waals surface area (Å²) in [7, 11) is 0. The fourth-order valence-corrected chi connectivity index (χ4v) is 4.69. The quantitative estimate of drug-likeness (QED) is 0.361. The number of hydrogen-bond acceptors (Lipinski definition) is 1. The number of unbranched alkanes of at least 4 members (excludes halogenated alkanes) is 2. The third-order valence-electron chi connectivity index (χ3n) is 6.15. The summed E-state index contributed by atoms with van der Waals surface area (Å²) in [6, 6.07) is 0. The monoisotopic (exact) mass is 310 g/mol. The van der Waals surface area contributed by atoms with E-state index in [4.69, 9.17) is 4.74 Å². The first-order chi connectivity index (χ1) is 10.8. The van der Waals surface area contributed by atoms with Gasteiger partial charge >= 0.3 is 0 Å². The lowest BCUT2D eigenvalue weighted by Crippen LogP contribution is -2.27. The minimum Gasteiger partial charge on any atom is -0.499 e. The van der Waals surface area contributed by atoms with Gasteiger partial charge in [0.05, 0.1) is 6.61 Å². The van der Waals surface area contributed by atoms with Crippen molar-refractivity contribution in [3.05, 3.63) is 12.6 Å². The highest BCUT2D eigenvalue weighted by atomic mass is 19.1. The fourth-order valence-electron chi connectivity index (χ4n) is 4.69. The molecule has 0 aromatic heterocycles. The smallest absolute Gasteiger partial charge is 0.121 e. The molecule has 0 bridgehead atoms. The Morgan fingerprint density at radius 3 is 2.00 bits per heavy atom. The highest BCUT2D eigenvalue weighted by molar-refractivity contribution is 4.82. The van der Waals surface area contributed by atoms with Crippen molar-refractivity contribution in [1.29, 1.82) is 0 Å². The van der Waals surface area contributed by atoms with Crippen molar-refractivity contribution < 1.29 is 9.13 Å². The van der Waals surface area contributed by atoms with Gasteiger partial charge in [-0.25, -0.2) is 4.39 Å². The lowest BCUT2D eigenvalue weighted by Gasteiger charge is -2.37. The predicted molar refractivity (Wildman–Crippen MR) is 91.2 cm³/mol. The standard InChI is InChI=1S/C20H35FO/c1-2-3-4-5-17-6-10-19(11-7-17)20-12-8-18(9-13-20)16-22-15-14-21/h14-15,17-20H,2-13,16H2,1H3/b15-14+. The second kappa shape index (κ2) is 10.3. The van der Waals surface area contributed by atoms with Crippen LogP contribution in [0.15, 0.2) is 12.6 Å².